The zero-order chi connectivity index (χ0) is 17.0. The molecular formula is C18H24N6. The summed E-state index contributed by atoms with van der Waals surface area (Å²) in [5.41, 5.74) is 4.97. The van der Waals surface area contributed by atoms with Gasteiger partial charge in [-0.15, -0.1) is 0 Å². The van der Waals surface area contributed by atoms with Crippen LogP contribution in [0.15, 0.2) is 43.1 Å². The first-order valence-corrected chi connectivity index (χ1v) is 8.16. The molecule has 1 aromatic carbocycles. The van der Waals surface area contributed by atoms with Crippen LogP contribution in [0, 0.1) is 0 Å². The van der Waals surface area contributed by atoms with Crippen LogP contribution in [0.3, 0.4) is 0 Å². The number of benzene rings is 1. The Morgan fingerprint density at radius 1 is 1.17 bits per heavy atom. The fourth-order valence-corrected chi connectivity index (χ4v) is 2.78. The topological polar surface area (TPSA) is 71.4 Å². The van der Waals surface area contributed by atoms with E-state index in [4.69, 9.17) is 0 Å². The molecule has 0 unspecified atom stereocenters. The van der Waals surface area contributed by atoms with Crippen molar-refractivity contribution in [1.82, 2.24) is 30.3 Å². The molecule has 0 bridgehead atoms. The fourth-order valence-electron chi connectivity index (χ4n) is 2.78. The molecule has 0 amide bonds. The largest absolute Gasteiger partial charge is 0.308 e. The third kappa shape index (κ3) is 4.08. The Labute approximate surface area is 142 Å². The smallest absolute Gasteiger partial charge is 0.137 e. The molecule has 0 saturated carbocycles. The van der Waals surface area contributed by atoms with E-state index in [1.165, 1.54) is 22.4 Å². The van der Waals surface area contributed by atoms with Crippen molar-refractivity contribution in [3.63, 3.8) is 0 Å². The van der Waals surface area contributed by atoms with Gasteiger partial charge in [0.1, 0.15) is 12.7 Å². The van der Waals surface area contributed by atoms with Gasteiger partial charge in [-0.1, -0.05) is 45.0 Å². The van der Waals surface area contributed by atoms with E-state index in [9.17, 15) is 0 Å². The lowest BCUT2D eigenvalue weighted by atomic mass is 9.89. The first-order valence-electron chi connectivity index (χ1n) is 8.16. The molecule has 2 N–H and O–H groups in total. The first-order chi connectivity index (χ1) is 11.5. The van der Waals surface area contributed by atoms with Crippen LogP contribution in [0.1, 0.15) is 43.2 Å². The van der Waals surface area contributed by atoms with Crippen molar-refractivity contribution in [2.24, 2.45) is 0 Å². The summed E-state index contributed by atoms with van der Waals surface area (Å²) in [6.45, 7) is 8.94. The molecule has 3 rings (SSSR count). The highest BCUT2D eigenvalue weighted by Crippen LogP contribution is 2.23. The second-order valence-electron chi connectivity index (χ2n) is 7.04. The molecule has 6 heteroatoms. The summed E-state index contributed by atoms with van der Waals surface area (Å²) in [4.78, 5) is 3.98. The van der Waals surface area contributed by atoms with Gasteiger partial charge in [-0.2, -0.15) is 10.2 Å². The molecule has 0 aliphatic heterocycles. The average molecular weight is 324 g/mol. The van der Waals surface area contributed by atoms with E-state index in [0.717, 1.165) is 19.6 Å². The lowest BCUT2D eigenvalue weighted by Gasteiger charge is -2.18. The summed E-state index contributed by atoms with van der Waals surface area (Å²) in [5.74, 6) is 0. The molecule has 2 heterocycles. The maximum atomic E-state index is 4.19. The van der Waals surface area contributed by atoms with E-state index >= 15 is 0 Å². The second-order valence-corrected chi connectivity index (χ2v) is 7.04. The van der Waals surface area contributed by atoms with E-state index < -0.39 is 0 Å². The normalized spacial score (nSPS) is 11.8. The van der Waals surface area contributed by atoms with Crippen molar-refractivity contribution in [2.45, 2.75) is 45.8 Å². The van der Waals surface area contributed by atoms with E-state index in [1.807, 2.05) is 10.9 Å². The Bertz CT molecular complexity index is 767. The van der Waals surface area contributed by atoms with E-state index in [-0.39, 0.29) is 5.41 Å². The summed E-state index contributed by atoms with van der Waals surface area (Å²) < 4.78 is 1.83. The van der Waals surface area contributed by atoms with Crippen LogP contribution in [0.25, 0.3) is 0 Å². The molecule has 3 aromatic rings. The Balaban J connectivity index is 1.58. The van der Waals surface area contributed by atoms with Gasteiger partial charge in [-0.3, -0.25) is 5.10 Å². The number of nitrogens with zero attached hydrogens (tertiary/aromatic N) is 4. The molecule has 24 heavy (non-hydrogen) atoms. The number of rotatable bonds is 6. The molecule has 0 spiro atoms. The summed E-state index contributed by atoms with van der Waals surface area (Å²) >= 11 is 0. The lowest BCUT2D eigenvalue weighted by Crippen LogP contribution is -2.19. The lowest BCUT2D eigenvalue weighted by molar-refractivity contribution is 0.553. The van der Waals surface area contributed by atoms with E-state index in [1.54, 1.807) is 12.7 Å². The average Bonchev–Trinajstić information content (AvgIpc) is 3.18. The molecule has 126 valence electrons. The highest BCUT2D eigenvalue weighted by atomic mass is 15.3. The second kappa shape index (κ2) is 6.97. The zero-order valence-electron chi connectivity index (χ0n) is 14.5. The molecule has 0 aliphatic carbocycles. The van der Waals surface area contributed by atoms with Gasteiger partial charge in [0.25, 0.3) is 0 Å². The highest BCUT2D eigenvalue weighted by molar-refractivity contribution is 5.25. The number of H-pyrrole nitrogens is 1. The van der Waals surface area contributed by atoms with Gasteiger partial charge in [0, 0.05) is 29.8 Å². The summed E-state index contributed by atoms with van der Waals surface area (Å²) in [6.07, 6.45) is 5.20. The van der Waals surface area contributed by atoms with Crippen molar-refractivity contribution in [3.05, 3.63) is 65.5 Å². The molecule has 0 atom stereocenters. The fraction of sp³-hybridized carbons (Fsp3) is 0.389. The van der Waals surface area contributed by atoms with Gasteiger partial charge in [0.05, 0.1) is 12.7 Å². The molecule has 0 aliphatic rings. The minimum atomic E-state index is 0.0746. The Morgan fingerprint density at radius 2 is 2.00 bits per heavy atom. The minimum absolute atomic E-state index is 0.0746. The molecule has 2 aromatic heterocycles. The summed E-state index contributed by atoms with van der Waals surface area (Å²) in [5, 5.41) is 15.0. The van der Waals surface area contributed by atoms with Crippen molar-refractivity contribution in [1.29, 1.82) is 0 Å². The van der Waals surface area contributed by atoms with Crippen molar-refractivity contribution in [3.8, 4) is 0 Å². The molecule has 0 saturated heterocycles. The number of aromatic nitrogens is 5. The molecular weight excluding hydrogens is 300 g/mol. The maximum Gasteiger partial charge on any atom is 0.137 e. The number of nitrogens with one attached hydrogen (secondary N) is 2. The monoisotopic (exact) mass is 324 g/mol. The summed E-state index contributed by atoms with van der Waals surface area (Å²) in [6, 6.07) is 8.53. The predicted octanol–water partition coefficient (Wildman–Crippen LogP) is 2.64. The standard InChI is InChI=1S/C18H24N6/c1-18(2,3)17-16(10-21-23-17)9-19-8-14-5-4-6-15(7-14)11-24-13-20-12-22-24/h4-7,10,12-13,19H,8-9,11H2,1-3H3,(H,21,23). The third-order valence-electron chi connectivity index (χ3n) is 3.91. The van der Waals surface area contributed by atoms with Crippen molar-refractivity contribution in [2.75, 3.05) is 0 Å². The van der Waals surface area contributed by atoms with E-state index in [2.05, 4.69) is 70.6 Å². The van der Waals surface area contributed by atoms with Gasteiger partial charge < -0.3 is 5.32 Å². The van der Waals surface area contributed by atoms with Crippen LogP contribution in [0.4, 0.5) is 0 Å². The highest BCUT2D eigenvalue weighted by Gasteiger charge is 2.19. The Morgan fingerprint density at radius 3 is 2.75 bits per heavy atom. The molecule has 6 nitrogen and oxygen atoms in total. The van der Waals surface area contributed by atoms with Gasteiger partial charge in [0.15, 0.2) is 0 Å². The predicted molar refractivity (Wildman–Crippen MR) is 93.4 cm³/mol. The Kier molecular flexibility index (Phi) is 4.76. The van der Waals surface area contributed by atoms with Gasteiger partial charge in [0.2, 0.25) is 0 Å². The third-order valence-corrected chi connectivity index (χ3v) is 3.91. The molecule has 0 fully saturated rings. The minimum Gasteiger partial charge on any atom is -0.308 e. The van der Waals surface area contributed by atoms with Gasteiger partial charge in [-0.05, 0) is 11.1 Å². The van der Waals surface area contributed by atoms with Gasteiger partial charge >= 0.3 is 0 Å². The quantitative estimate of drug-likeness (QED) is 0.731. The Hall–Kier alpha value is -2.47. The van der Waals surface area contributed by atoms with Crippen LogP contribution in [-0.4, -0.2) is 25.0 Å². The van der Waals surface area contributed by atoms with Crippen LogP contribution < -0.4 is 5.32 Å². The summed E-state index contributed by atoms with van der Waals surface area (Å²) in [7, 11) is 0. The van der Waals surface area contributed by atoms with E-state index in [0.29, 0.717) is 0 Å². The zero-order valence-corrected chi connectivity index (χ0v) is 14.5. The van der Waals surface area contributed by atoms with Crippen LogP contribution in [0.2, 0.25) is 0 Å². The van der Waals surface area contributed by atoms with Crippen LogP contribution >= 0.6 is 0 Å². The number of hydrogen-bond donors (Lipinski definition) is 2. The van der Waals surface area contributed by atoms with Crippen LogP contribution in [-0.2, 0) is 25.0 Å². The number of hydrogen-bond acceptors (Lipinski definition) is 4. The van der Waals surface area contributed by atoms with Crippen LogP contribution in [0.5, 0.6) is 0 Å². The first kappa shape index (κ1) is 16.4. The van der Waals surface area contributed by atoms with Gasteiger partial charge in [-0.25, -0.2) is 9.67 Å². The SMILES string of the molecule is CC(C)(C)c1[nH]ncc1CNCc1cccc(Cn2cncn2)c1. The van der Waals surface area contributed by atoms with Crippen molar-refractivity contribution < 1.29 is 0 Å². The molecule has 0 radical (unpaired) electrons. The van der Waals surface area contributed by atoms with Crippen molar-refractivity contribution >= 4 is 0 Å². The number of aromatic amines is 1. The maximum absolute atomic E-state index is 4.19.